The van der Waals surface area contributed by atoms with Crippen LogP contribution in [0.15, 0.2) is 36.8 Å². The van der Waals surface area contributed by atoms with Gasteiger partial charge in [-0.1, -0.05) is 18.2 Å². The van der Waals surface area contributed by atoms with Crippen molar-refractivity contribution in [3.8, 4) is 0 Å². The largest absolute Gasteiger partial charge is 0.384 e. The van der Waals surface area contributed by atoms with Crippen molar-refractivity contribution in [2.45, 2.75) is 13.0 Å². The molecule has 90 valence electrons. The van der Waals surface area contributed by atoms with Gasteiger partial charge in [0.15, 0.2) is 0 Å². The summed E-state index contributed by atoms with van der Waals surface area (Å²) in [6, 6.07) is 8.29. The summed E-state index contributed by atoms with van der Waals surface area (Å²) in [5.74, 6) is 0. The number of aromatic amines is 1. The topological polar surface area (TPSA) is 49.9 Å². The van der Waals surface area contributed by atoms with Gasteiger partial charge in [0, 0.05) is 19.0 Å². The SMILES string of the molecule is COCCc1ccccc1NCc1cnc[nH]1. The fraction of sp³-hybridized carbons (Fsp3) is 0.308. The van der Waals surface area contributed by atoms with Crippen LogP contribution in [0.3, 0.4) is 0 Å². The number of hydrogen-bond acceptors (Lipinski definition) is 3. The normalized spacial score (nSPS) is 10.4. The Morgan fingerprint density at radius 3 is 3.00 bits per heavy atom. The second-order valence-electron chi connectivity index (χ2n) is 3.83. The van der Waals surface area contributed by atoms with Gasteiger partial charge in [0.1, 0.15) is 0 Å². The molecule has 0 fully saturated rings. The molecule has 17 heavy (non-hydrogen) atoms. The number of methoxy groups -OCH3 is 1. The van der Waals surface area contributed by atoms with Gasteiger partial charge in [0.2, 0.25) is 0 Å². The highest BCUT2D eigenvalue weighted by molar-refractivity contribution is 5.51. The number of aromatic nitrogens is 2. The Balaban J connectivity index is 1.99. The predicted molar refractivity (Wildman–Crippen MR) is 67.9 cm³/mol. The summed E-state index contributed by atoms with van der Waals surface area (Å²) in [6.07, 6.45) is 4.43. The van der Waals surface area contributed by atoms with Gasteiger partial charge in [-0.25, -0.2) is 4.98 Å². The molecule has 0 radical (unpaired) electrons. The van der Waals surface area contributed by atoms with E-state index in [9.17, 15) is 0 Å². The molecular weight excluding hydrogens is 214 g/mol. The Hall–Kier alpha value is -1.81. The van der Waals surface area contributed by atoms with Gasteiger partial charge in [-0.15, -0.1) is 0 Å². The number of benzene rings is 1. The molecule has 0 aliphatic carbocycles. The van der Waals surface area contributed by atoms with Gasteiger partial charge in [0.05, 0.1) is 25.2 Å². The summed E-state index contributed by atoms with van der Waals surface area (Å²) in [6.45, 7) is 1.49. The molecule has 0 atom stereocenters. The van der Waals surface area contributed by atoms with Crippen LogP contribution in [0, 0.1) is 0 Å². The minimum absolute atomic E-state index is 0.739. The van der Waals surface area contributed by atoms with Gasteiger partial charge in [-0.2, -0.15) is 0 Å². The van der Waals surface area contributed by atoms with E-state index in [2.05, 4.69) is 27.4 Å². The summed E-state index contributed by atoms with van der Waals surface area (Å²) in [4.78, 5) is 7.06. The van der Waals surface area contributed by atoms with E-state index in [0.717, 1.165) is 31.0 Å². The zero-order valence-corrected chi connectivity index (χ0v) is 9.94. The van der Waals surface area contributed by atoms with E-state index >= 15 is 0 Å². The summed E-state index contributed by atoms with van der Waals surface area (Å²) in [5, 5.41) is 3.40. The Morgan fingerprint density at radius 2 is 2.24 bits per heavy atom. The van der Waals surface area contributed by atoms with Crippen molar-refractivity contribution < 1.29 is 4.74 Å². The summed E-state index contributed by atoms with van der Waals surface area (Å²) in [7, 11) is 1.72. The van der Waals surface area contributed by atoms with Crippen LogP contribution in [-0.4, -0.2) is 23.7 Å². The lowest BCUT2D eigenvalue weighted by atomic mass is 10.1. The van der Waals surface area contributed by atoms with E-state index in [1.807, 2.05) is 18.3 Å². The predicted octanol–water partition coefficient (Wildman–Crippen LogP) is 2.21. The maximum atomic E-state index is 5.11. The van der Waals surface area contributed by atoms with Crippen molar-refractivity contribution >= 4 is 5.69 Å². The fourth-order valence-electron chi connectivity index (χ4n) is 1.69. The molecule has 0 aliphatic rings. The van der Waals surface area contributed by atoms with Crippen molar-refractivity contribution in [2.24, 2.45) is 0 Å². The zero-order chi connectivity index (χ0) is 11.9. The quantitative estimate of drug-likeness (QED) is 0.801. The number of anilines is 1. The average molecular weight is 231 g/mol. The molecule has 1 aromatic carbocycles. The number of nitrogens with one attached hydrogen (secondary N) is 2. The molecule has 2 aromatic rings. The average Bonchev–Trinajstić information content (AvgIpc) is 2.88. The van der Waals surface area contributed by atoms with Crippen molar-refractivity contribution in [3.05, 3.63) is 48.0 Å². The van der Waals surface area contributed by atoms with Crippen LogP contribution in [0.25, 0.3) is 0 Å². The number of hydrogen-bond donors (Lipinski definition) is 2. The molecule has 0 unspecified atom stereocenters. The minimum atomic E-state index is 0.739. The zero-order valence-electron chi connectivity index (χ0n) is 9.94. The molecule has 0 aliphatic heterocycles. The van der Waals surface area contributed by atoms with Crippen LogP contribution >= 0.6 is 0 Å². The van der Waals surface area contributed by atoms with Gasteiger partial charge >= 0.3 is 0 Å². The number of rotatable bonds is 6. The van der Waals surface area contributed by atoms with Gasteiger partial charge in [-0.3, -0.25) is 0 Å². The summed E-state index contributed by atoms with van der Waals surface area (Å²) < 4.78 is 5.11. The second kappa shape index (κ2) is 6.06. The molecule has 0 bridgehead atoms. The van der Waals surface area contributed by atoms with Crippen molar-refractivity contribution in [3.63, 3.8) is 0 Å². The smallest absolute Gasteiger partial charge is 0.0922 e. The molecule has 1 heterocycles. The van der Waals surface area contributed by atoms with Crippen LogP contribution in [0.1, 0.15) is 11.3 Å². The molecule has 4 nitrogen and oxygen atoms in total. The van der Waals surface area contributed by atoms with E-state index in [0.29, 0.717) is 0 Å². The van der Waals surface area contributed by atoms with Crippen LogP contribution in [0.5, 0.6) is 0 Å². The standard InChI is InChI=1S/C13H17N3O/c1-17-7-6-11-4-2-3-5-13(11)15-9-12-8-14-10-16-12/h2-5,8,10,15H,6-7,9H2,1H3,(H,14,16). The van der Waals surface area contributed by atoms with Gasteiger partial charge in [0.25, 0.3) is 0 Å². The Bertz CT molecular complexity index is 440. The highest BCUT2D eigenvalue weighted by Crippen LogP contribution is 2.16. The highest BCUT2D eigenvalue weighted by Gasteiger charge is 2.01. The van der Waals surface area contributed by atoms with E-state index in [1.54, 1.807) is 13.4 Å². The van der Waals surface area contributed by atoms with Crippen LogP contribution < -0.4 is 5.32 Å². The van der Waals surface area contributed by atoms with E-state index < -0.39 is 0 Å². The molecular formula is C13H17N3O. The first-order valence-corrected chi connectivity index (χ1v) is 5.68. The van der Waals surface area contributed by atoms with Gasteiger partial charge < -0.3 is 15.0 Å². The third kappa shape index (κ3) is 3.32. The maximum Gasteiger partial charge on any atom is 0.0922 e. The van der Waals surface area contributed by atoms with Crippen LogP contribution in [-0.2, 0) is 17.7 Å². The third-order valence-electron chi connectivity index (χ3n) is 2.62. The number of imidazole rings is 1. The van der Waals surface area contributed by atoms with Crippen LogP contribution in [0.4, 0.5) is 5.69 Å². The molecule has 4 heteroatoms. The van der Waals surface area contributed by atoms with E-state index in [4.69, 9.17) is 4.74 Å². The molecule has 0 spiro atoms. The Kier molecular flexibility index (Phi) is 4.16. The molecule has 1 aromatic heterocycles. The molecule has 2 N–H and O–H groups in total. The molecule has 2 rings (SSSR count). The summed E-state index contributed by atoms with van der Waals surface area (Å²) in [5.41, 5.74) is 3.50. The molecule has 0 saturated carbocycles. The van der Waals surface area contributed by atoms with Crippen molar-refractivity contribution in [1.82, 2.24) is 9.97 Å². The third-order valence-corrected chi connectivity index (χ3v) is 2.62. The van der Waals surface area contributed by atoms with Gasteiger partial charge in [-0.05, 0) is 18.1 Å². The first kappa shape index (κ1) is 11.7. The highest BCUT2D eigenvalue weighted by atomic mass is 16.5. The number of ether oxygens (including phenoxy) is 1. The maximum absolute atomic E-state index is 5.11. The monoisotopic (exact) mass is 231 g/mol. The number of nitrogens with zero attached hydrogens (tertiary/aromatic N) is 1. The van der Waals surface area contributed by atoms with Crippen molar-refractivity contribution in [1.29, 1.82) is 0 Å². The minimum Gasteiger partial charge on any atom is -0.384 e. The first-order valence-electron chi connectivity index (χ1n) is 5.68. The van der Waals surface area contributed by atoms with E-state index in [1.165, 1.54) is 5.56 Å². The van der Waals surface area contributed by atoms with Crippen molar-refractivity contribution in [2.75, 3.05) is 19.0 Å². The molecule has 0 saturated heterocycles. The van der Waals surface area contributed by atoms with E-state index in [-0.39, 0.29) is 0 Å². The Labute approximate surface area is 101 Å². The molecule has 0 amide bonds. The second-order valence-corrected chi connectivity index (χ2v) is 3.83. The van der Waals surface area contributed by atoms with Crippen LogP contribution in [0.2, 0.25) is 0 Å². The lowest BCUT2D eigenvalue weighted by molar-refractivity contribution is 0.202. The Morgan fingerprint density at radius 1 is 1.35 bits per heavy atom. The first-order chi connectivity index (χ1) is 8.40. The lowest BCUT2D eigenvalue weighted by Gasteiger charge is -2.10. The number of para-hydroxylation sites is 1. The fourth-order valence-corrected chi connectivity index (χ4v) is 1.69. The summed E-state index contributed by atoms with van der Waals surface area (Å²) >= 11 is 0. The number of H-pyrrole nitrogens is 1. The lowest BCUT2D eigenvalue weighted by Crippen LogP contribution is -2.04.